The van der Waals surface area contributed by atoms with Crippen LogP contribution in [0.5, 0.6) is 0 Å². The number of carboxylic acids is 1. The molecule has 0 aliphatic rings. The van der Waals surface area contributed by atoms with Gasteiger partial charge in [-0.1, -0.05) is 12.1 Å². The van der Waals surface area contributed by atoms with Crippen LogP contribution in [0, 0.1) is 0 Å². The van der Waals surface area contributed by atoms with E-state index < -0.39 is 5.97 Å². The molecule has 0 saturated heterocycles. The lowest BCUT2D eigenvalue weighted by Gasteiger charge is -2.05. The fourth-order valence-electron chi connectivity index (χ4n) is 1.71. The quantitative estimate of drug-likeness (QED) is 0.699. The van der Waals surface area contributed by atoms with Gasteiger partial charge in [0.1, 0.15) is 10.7 Å². The van der Waals surface area contributed by atoms with E-state index in [4.69, 9.17) is 0 Å². The average Bonchev–Trinajstić information content (AvgIpc) is 2.82. The Kier molecular flexibility index (Phi) is 2.53. The Hall–Kier alpha value is -2.27. The zero-order chi connectivity index (χ0) is 12.5. The van der Waals surface area contributed by atoms with Crippen LogP contribution in [-0.4, -0.2) is 15.9 Å². The van der Waals surface area contributed by atoms with Crippen molar-refractivity contribution >= 4 is 27.5 Å². The van der Waals surface area contributed by atoms with Crippen LogP contribution >= 0.6 is 11.3 Å². The standard InChI is InChI=1S/C13H8N2O2S/c16-13(17)8-4-3-7-14-11(8)12-15-9-5-1-2-6-10(9)18-12/h1-7H,(H,16,17)/p-1. The number of para-hydroxylation sites is 1. The Labute approximate surface area is 107 Å². The molecule has 3 aromatic rings. The Morgan fingerprint density at radius 2 is 2.00 bits per heavy atom. The average molecular weight is 255 g/mol. The predicted molar refractivity (Wildman–Crippen MR) is 67.2 cm³/mol. The lowest BCUT2D eigenvalue weighted by Crippen LogP contribution is -2.23. The van der Waals surface area contributed by atoms with Crippen molar-refractivity contribution in [2.45, 2.75) is 0 Å². The maximum atomic E-state index is 11.0. The number of benzene rings is 1. The second-order valence-electron chi connectivity index (χ2n) is 3.67. The Morgan fingerprint density at radius 3 is 2.78 bits per heavy atom. The number of aromatic carboxylic acids is 1. The summed E-state index contributed by atoms with van der Waals surface area (Å²) in [5.41, 5.74) is 1.27. The maximum Gasteiger partial charge on any atom is 0.143 e. The van der Waals surface area contributed by atoms with E-state index >= 15 is 0 Å². The van der Waals surface area contributed by atoms with Crippen LogP contribution in [0.25, 0.3) is 20.9 Å². The summed E-state index contributed by atoms with van der Waals surface area (Å²) in [5.74, 6) is -1.24. The highest BCUT2D eigenvalue weighted by atomic mass is 32.1. The maximum absolute atomic E-state index is 11.0. The predicted octanol–water partition coefficient (Wildman–Crippen LogP) is 1.72. The number of carbonyl (C=O) groups is 1. The summed E-state index contributed by atoms with van der Waals surface area (Å²) in [7, 11) is 0. The summed E-state index contributed by atoms with van der Waals surface area (Å²) >= 11 is 1.42. The van der Waals surface area contributed by atoms with Crippen LogP contribution < -0.4 is 5.11 Å². The molecule has 0 aliphatic heterocycles. The highest BCUT2D eigenvalue weighted by molar-refractivity contribution is 7.21. The van der Waals surface area contributed by atoms with E-state index in [0.29, 0.717) is 10.7 Å². The highest BCUT2D eigenvalue weighted by Gasteiger charge is 2.11. The SMILES string of the molecule is O=C([O-])c1cccnc1-c1nc2ccccc2s1. The summed E-state index contributed by atoms with van der Waals surface area (Å²) in [5, 5.41) is 11.6. The van der Waals surface area contributed by atoms with E-state index in [1.54, 1.807) is 12.3 Å². The molecule has 0 amide bonds. The lowest BCUT2D eigenvalue weighted by molar-refractivity contribution is -0.254. The molecule has 3 rings (SSSR count). The van der Waals surface area contributed by atoms with E-state index in [1.807, 2.05) is 24.3 Å². The van der Waals surface area contributed by atoms with Gasteiger partial charge in [0, 0.05) is 11.8 Å². The second kappa shape index (κ2) is 4.19. The van der Waals surface area contributed by atoms with Gasteiger partial charge in [0.2, 0.25) is 0 Å². The number of fused-ring (bicyclic) bond motifs is 1. The van der Waals surface area contributed by atoms with Crippen molar-refractivity contribution in [1.82, 2.24) is 9.97 Å². The lowest BCUT2D eigenvalue weighted by atomic mass is 10.2. The van der Waals surface area contributed by atoms with Crippen molar-refractivity contribution in [3.05, 3.63) is 48.2 Å². The van der Waals surface area contributed by atoms with Gasteiger partial charge in [0.25, 0.3) is 0 Å². The molecule has 2 heterocycles. The number of carboxylic acid groups (broad SMARTS) is 1. The van der Waals surface area contributed by atoms with Crippen LogP contribution in [0.1, 0.15) is 10.4 Å². The summed E-state index contributed by atoms with van der Waals surface area (Å²) in [6, 6.07) is 10.7. The molecular weight excluding hydrogens is 248 g/mol. The van der Waals surface area contributed by atoms with Crippen molar-refractivity contribution in [1.29, 1.82) is 0 Å². The fraction of sp³-hybridized carbons (Fsp3) is 0. The highest BCUT2D eigenvalue weighted by Crippen LogP contribution is 2.30. The van der Waals surface area contributed by atoms with E-state index in [9.17, 15) is 9.90 Å². The molecule has 0 fully saturated rings. The molecular formula is C13H7N2O2S-. The van der Waals surface area contributed by atoms with Gasteiger partial charge in [-0.2, -0.15) is 0 Å². The van der Waals surface area contributed by atoms with Gasteiger partial charge in [0.15, 0.2) is 0 Å². The van der Waals surface area contributed by atoms with Gasteiger partial charge in [-0.15, -0.1) is 11.3 Å². The Bertz CT molecular complexity index is 703. The third kappa shape index (κ3) is 1.74. The molecule has 1 aromatic carbocycles. The molecule has 5 heteroatoms. The van der Waals surface area contributed by atoms with Crippen molar-refractivity contribution in [2.75, 3.05) is 0 Å². The number of pyridine rings is 1. The van der Waals surface area contributed by atoms with Crippen molar-refractivity contribution in [3.8, 4) is 10.7 Å². The van der Waals surface area contributed by atoms with Gasteiger partial charge < -0.3 is 9.90 Å². The van der Waals surface area contributed by atoms with Gasteiger partial charge in [0.05, 0.1) is 16.2 Å². The smallest absolute Gasteiger partial charge is 0.143 e. The minimum absolute atomic E-state index is 0.0663. The van der Waals surface area contributed by atoms with E-state index in [-0.39, 0.29) is 5.56 Å². The van der Waals surface area contributed by atoms with Crippen molar-refractivity contribution in [3.63, 3.8) is 0 Å². The third-order valence-electron chi connectivity index (χ3n) is 2.52. The van der Waals surface area contributed by atoms with Crippen LogP contribution in [0.15, 0.2) is 42.6 Å². The van der Waals surface area contributed by atoms with Crippen LogP contribution in [-0.2, 0) is 0 Å². The molecule has 4 nitrogen and oxygen atoms in total. The first kappa shape index (κ1) is 10.9. The molecule has 0 N–H and O–H groups in total. The minimum atomic E-state index is -1.24. The molecule has 0 saturated carbocycles. The molecule has 0 bridgehead atoms. The molecule has 0 spiro atoms. The number of hydrogen-bond donors (Lipinski definition) is 0. The normalized spacial score (nSPS) is 10.7. The number of thiazole rings is 1. The number of hydrogen-bond acceptors (Lipinski definition) is 5. The molecule has 88 valence electrons. The zero-order valence-electron chi connectivity index (χ0n) is 9.16. The number of nitrogens with zero attached hydrogens (tertiary/aromatic N) is 2. The first-order valence-corrected chi connectivity index (χ1v) is 6.09. The van der Waals surface area contributed by atoms with Gasteiger partial charge in [-0.3, -0.25) is 4.98 Å². The van der Waals surface area contributed by atoms with E-state index in [2.05, 4.69) is 9.97 Å². The number of aromatic nitrogens is 2. The monoisotopic (exact) mass is 255 g/mol. The minimum Gasteiger partial charge on any atom is -0.545 e. The fourth-order valence-corrected chi connectivity index (χ4v) is 2.69. The first-order valence-electron chi connectivity index (χ1n) is 5.28. The van der Waals surface area contributed by atoms with Crippen LogP contribution in [0.2, 0.25) is 0 Å². The second-order valence-corrected chi connectivity index (χ2v) is 4.70. The topological polar surface area (TPSA) is 65.9 Å². The molecule has 0 unspecified atom stereocenters. The Morgan fingerprint density at radius 1 is 1.17 bits per heavy atom. The van der Waals surface area contributed by atoms with Gasteiger partial charge in [-0.05, 0) is 24.3 Å². The third-order valence-corrected chi connectivity index (χ3v) is 3.57. The first-order chi connectivity index (χ1) is 8.75. The molecule has 0 atom stereocenters. The van der Waals surface area contributed by atoms with E-state index in [1.165, 1.54) is 17.4 Å². The van der Waals surface area contributed by atoms with Crippen LogP contribution in [0.3, 0.4) is 0 Å². The number of rotatable bonds is 2. The van der Waals surface area contributed by atoms with Gasteiger partial charge in [-0.25, -0.2) is 4.98 Å². The molecule has 2 aromatic heterocycles. The summed E-state index contributed by atoms with van der Waals surface area (Å²) in [4.78, 5) is 19.5. The summed E-state index contributed by atoms with van der Waals surface area (Å²) in [6.07, 6.45) is 1.55. The van der Waals surface area contributed by atoms with Crippen molar-refractivity contribution in [2.24, 2.45) is 0 Å². The number of carbonyl (C=O) groups excluding carboxylic acids is 1. The summed E-state index contributed by atoms with van der Waals surface area (Å²) < 4.78 is 1.00. The van der Waals surface area contributed by atoms with Gasteiger partial charge >= 0.3 is 0 Å². The molecule has 0 aliphatic carbocycles. The zero-order valence-corrected chi connectivity index (χ0v) is 9.98. The van der Waals surface area contributed by atoms with E-state index in [0.717, 1.165) is 10.2 Å². The molecule has 0 radical (unpaired) electrons. The van der Waals surface area contributed by atoms with Crippen molar-refractivity contribution < 1.29 is 9.90 Å². The largest absolute Gasteiger partial charge is 0.545 e. The van der Waals surface area contributed by atoms with Crippen LogP contribution in [0.4, 0.5) is 0 Å². The summed E-state index contributed by atoms with van der Waals surface area (Å²) in [6.45, 7) is 0. The Balaban J connectivity index is 2.23. The molecule has 18 heavy (non-hydrogen) atoms.